The van der Waals surface area contributed by atoms with Crippen LogP contribution in [0.5, 0.6) is 0 Å². The average Bonchev–Trinajstić information content (AvgIpc) is 3.17. The lowest BCUT2D eigenvalue weighted by atomic mass is 10.2. The maximum absolute atomic E-state index is 13.6. The van der Waals surface area contributed by atoms with Crippen molar-refractivity contribution in [2.24, 2.45) is 0 Å². The van der Waals surface area contributed by atoms with Crippen molar-refractivity contribution < 1.29 is 9.53 Å². The van der Waals surface area contributed by atoms with Crippen LogP contribution in [-0.4, -0.2) is 75.9 Å². The van der Waals surface area contributed by atoms with Gasteiger partial charge < -0.3 is 9.64 Å². The van der Waals surface area contributed by atoms with Crippen LogP contribution < -0.4 is 10.5 Å². The number of methoxy groups -OCH3 is 1. The van der Waals surface area contributed by atoms with Crippen molar-refractivity contribution in [3.63, 3.8) is 0 Å². The van der Waals surface area contributed by atoms with Gasteiger partial charge in [0, 0.05) is 46.0 Å². The fourth-order valence-electron chi connectivity index (χ4n) is 4.42. The lowest BCUT2D eigenvalue weighted by Crippen LogP contribution is -2.47. The van der Waals surface area contributed by atoms with Crippen LogP contribution in [0.2, 0.25) is 0 Å². The molecule has 3 aromatic rings. The Labute approximate surface area is 219 Å². The Morgan fingerprint density at radius 1 is 1.06 bits per heavy atom. The molecule has 4 heterocycles. The average molecular weight is 522 g/mol. The number of hydrogen-bond donors (Lipinski definition) is 0. The van der Waals surface area contributed by atoms with Gasteiger partial charge in [-0.2, -0.15) is 0 Å². The molecular weight excluding hydrogens is 494 g/mol. The Kier molecular flexibility index (Phi) is 7.47. The van der Waals surface area contributed by atoms with E-state index in [0.717, 1.165) is 32.7 Å². The molecule has 0 atom stereocenters. The van der Waals surface area contributed by atoms with E-state index >= 15 is 0 Å². The Morgan fingerprint density at radius 3 is 2.56 bits per heavy atom. The number of carbonyl (C=O) groups is 1. The minimum atomic E-state index is -0.210. The number of thioether (sulfide) groups is 1. The molecule has 186 valence electrons. The van der Waals surface area contributed by atoms with Crippen LogP contribution in [-0.2, 0) is 16.1 Å². The van der Waals surface area contributed by atoms with Gasteiger partial charge in [0.1, 0.15) is 15.8 Å². The number of anilines is 1. The van der Waals surface area contributed by atoms with Gasteiger partial charge in [0.25, 0.3) is 11.5 Å². The number of rotatable bonds is 7. The summed E-state index contributed by atoms with van der Waals surface area (Å²) in [7, 11) is 1.58. The number of carbonyl (C=O) groups excluding carboxylic acids is 1. The first-order chi connectivity index (χ1) is 17.5. The molecule has 5 rings (SSSR count). The standard InChI is InChI=1S/C26H27N5O3S2/c1-34-16-15-31-25(33)21(36-26(31)35)17-20-23(27-22-9-5-6-10-30(22)24(20)32)29-13-11-28(12-14-29)18-19-7-3-2-4-8-19/h2-10,17H,11-16,18H2,1H3. The molecule has 0 unspecified atom stereocenters. The molecule has 2 aromatic heterocycles. The van der Waals surface area contributed by atoms with Crippen LogP contribution in [0.3, 0.4) is 0 Å². The van der Waals surface area contributed by atoms with Crippen molar-refractivity contribution in [3.05, 3.63) is 81.1 Å². The Hall–Kier alpha value is -3.05. The van der Waals surface area contributed by atoms with Crippen molar-refractivity contribution in [2.45, 2.75) is 6.54 Å². The second kappa shape index (κ2) is 10.9. The van der Waals surface area contributed by atoms with Crippen LogP contribution in [0.1, 0.15) is 11.1 Å². The monoisotopic (exact) mass is 521 g/mol. The van der Waals surface area contributed by atoms with E-state index in [-0.39, 0.29) is 11.5 Å². The summed E-state index contributed by atoms with van der Waals surface area (Å²) >= 11 is 6.62. The highest BCUT2D eigenvalue weighted by Crippen LogP contribution is 2.33. The molecule has 10 heteroatoms. The molecule has 2 aliphatic rings. The number of benzene rings is 1. The largest absolute Gasteiger partial charge is 0.383 e. The molecule has 0 N–H and O–H groups in total. The summed E-state index contributed by atoms with van der Waals surface area (Å²) in [5.74, 6) is 0.394. The molecule has 0 bridgehead atoms. The first-order valence-electron chi connectivity index (χ1n) is 11.8. The number of aromatic nitrogens is 2. The number of amides is 1. The van der Waals surface area contributed by atoms with E-state index in [9.17, 15) is 9.59 Å². The summed E-state index contributed by atoms with van der Waals surface area (Å²) in [5, 5.41) is 0. The Bertz CT molecular complexity index is 1370. The molecule has 0 spiro atoms. The minimum absolute atomic E-state index is 0.204. The molecule has 2 fully saturated rings. The van der Waals surface area contributed by atoms with E-state index in [1.807, 2.05) is 18.2 Å². The maximum Gasteiger partial charge on any atom is 0.267 e. The van der Waals surface area contributed by atoms with Gasteiger partial charge in [-0.1, -0.05) is 60.4 Å². The second-order valence-electron chi connectivity index (χ2n) is 8.66. The summed E-state index contributed by atoms with van der Waals surface area (Å²) in [4.78, 5) is 38.0. The van der Waals surface area contributed by atoms with E-state index in [2.05, 4.69) is 34.1 Å². The quantitative estimate of drug-likeness (QED) is 0.347. The highest BCUT2D eigenvalue weighted by molar-refractivity contribution is 8.26. The van der Waals surface area contributed by atoms with E-state index in [1.165, 1.54) is 26.6 Å². The Morgan fingerprint density at radius 2 is 1.81 bits per heavy atom. The van der Waals surface area contributed by atoms with Gasteiger partial charge in [0.15, 0.2) is 0 Å². The third-order valence-electron chi connectivity index (χ3n) is 6.34. The number of pyridine rings is 1. The molecule has 1 aromatic carbocycles. The summed E-state index contributed by atoms with van der Waals surface area (Å²) in [5.41, 5.74) is 2.06. The van der Waals surface area contributed by atoms with Crippen LogP contribution >= 0.6 is 24.0 Å². The fourth-order valence-corrected chi connectivity index (χ4v) is 5.71. The van der Waals surface area contributed by atoms with Gasteiger partial charge in [-0.15, -0.1) is 0 Å². The predicted molar refractivity (Wildman–Crippen MR) is 147 cm³/mol. The zero-order chi connectivity index (χ0) is 25.1. The molecule has 2 aliphatic heterocycles. The van der Waals surface area contributed by atoms with Crippen LogP contribution in [0.15, 0.2) is 64.4 Å². The third kappa shape index (κ3) is 5.08. The van der Waals surface area contributed by atoms with Crippen molar-refractivity contribution in [1.29, 1.82) is 0 Å². The third-order valence-corrected chi connectivity index (χ3v) is 7.72. The maximum atomic E-state index is 13.6. The molecule has 36 heavy (non-hydrogen) atoms. The van der Waals surface area contributed by atoms with Gasteiger partial charge >= 0.3 is 0 Å². The first kappa shape index (κ1) is 24.6. The zero-order valence-corrected chi connectivity index (χ0v) is 21.6. The molecular formula is C26H27N5O3S2. The number of thiocarbonyl (C=S) groups is 1. The summed E-state index contributed by atoms with van der Waals surface area (Å²) in [6.45, 7) is 4.82. The van der Waals surface area contributed by atoms with Crippen molar-refractivity contribution in [2.75, 3.05) is 51.3 Å². The summed E-state index contributed by atoms with van der Waals surface area (Å²) < 4.78 is 7.10. The van der Waals surface area contributed by atoms with Gasteiger partial charge in [-0.3, -0.25) is 23.8 Å². The summed E-state index contributed by atoms with van der Waals surface area (Å²) in [6.07, 6.45) is 3.36. The predicted octanol–water partition coefficient (Wildman–Crippen LogP) is 2.86. The topological polar surface area (TPSA) is 70.4 Å². The lowest BCUT2D eigenvalue weighted by molar-refractivity contribution is -0.122. The van der Waals surface area contributed by atoms with Gasteiger partial charge in [0.2, 0.25) is 0 Å². The minimum Gasteiger partial charge on any atom is -0.383 e. The lowest BCUT2D eigenvalue weighted by Gasteiger charge is -2.36. The van der Waals surface area contributed by atoms with E-state index in [0.29, 0.717) is 39.4 Å². The second-order valence-corrected chi connectivity index (χ2v) is 10.3. The molecule has 0 radical (unpaired) electrons. The summed E-state index contributed by atoms with van der Waals surface area (Å²) in [6, 6.07) is 15.9. The SMILES string of the molecule is COCCN1C(=O)C(=Cc2c(N3CCN(Cc4ccccc4)CC3)nc3ccccn3c2=O)SC1=S. The van der Waals surface area contributed by atoms with E-state index < -0.39 is 0 Å². The molecule has 8 nitrogen and oxygen atoms in total. The van der Waals surface area contributed by atoms with Crippen LogP contribution in [0.4, 0.5) is 5.82 Å². The van der Waals surface area contributed by atoms with Crippen LogP contribution in [0, 0.1) is 0 Å². The first-order valence-corrected chi connectivity index (χ1v) is 13.0. The van der Waals surface area contributed by atoms with Crippen LogP contribution in [0.25, 0.3) is 11.7 Å². The zero-order valence-electron chi connectivity index (χ0n) is 20.0. The van der Waals surface area contributed by atoms with Gasteiger partial charge in [-0.05, 0) is 23.8 Å². The smallest absolute Gasteiger partial charge is 0.267 e. The number of piperazine rings is 1. The fraction of sp³-hybridized carbons (Fsp3) is 0.308. The molecule has 1 amide bonds. The molecule has 2 saturated heterocycles. The molecule has 0 saturated carbocycles. The Balaban J connectivity index is 1.45. The van der Waals surface area contributed by atoms with E-state index in [4.69, 9.17) is 21.9 Å². The highest BCUT2D eigenvalue weighted by Gasteiger charge is 2.33. The van der Waals surface area contributed by atoms with Crippen molar-refractivity contribution in [3.8, 4) is 0 Å². The number of hydrogen-bond acceptors (Lipinski definition) is 8. The number of ether oxygens (including phenoxy) is 1. The molecule has 0 aliphatic carbocycles. The highest BCUT2D eigenvalue weighted by atomic mass is 32.2. The van der Waals surface area contributed by atoms with Crippen molar-refractivity contribution in [1.82, 2.24) is 19.2 Å². The number of fused-ring (bicyclic) bond motifs is 1. The van der Waals surface area contributed by atoms with Crippen molar-refractivity contribution >= 4 is 51.7 Å². The van der Waals surface area contributed by atoms with Gasteiger partial charge in [-0.25, -0.2) is 4.98 Å². The van der Waals surface area contributed by atoms with E-state index in [1.54, 1.807) is 25.4 Å². The normalized spacial score (nSPS) is 18.1. The van der Waals surface area contributed by atoms with Gasteiger partial charge in [0.05, 0.1) is 23.6 Å². The number of nitrogens with zero attached hydrogens (tertiary/aromatic N) is 5.